The molecule has 5 nitrogen and oxygen atoms in total. The van der Waals surface area contributed by atoms with Gasteiger partial charge in [-0.2, -0.15) is 0 Å². The number of amides is 1. The average molecular weight is 444 g/mol. The van der Waals surface area contributed by atoms with Crippen LogP contribution in [0.4, 0.5) is 0 Å². The van der Waals surface area contributed by atoms with Gasteiger partial charge in [0.05, 0.1) is 0 Å². The highest BCUT2D eigenvalue weighted by molar-refractivity contribution is 5.95. The van der Waals surface area contributed by atoms with Gasteiger partial charge in [-0.25, -0.2) is 0 Å². The van der Waals surface area contributed by atoms with Crippen LogP contribution in [0.25, 0.3) is 11.1 Å². The van der Waals surface area contributed by atoms with Crippen LogP contribution in [0.2, 0.25) is 0 Å². The third-order valence-electron chi connectivity index (χ3n) is 6.11. The van der Waals surface area contributed by atoms with E-state index in [-0.39, 0.29) is 30.3 Å². The van der Waals surface area contributed by atoms with Crippen LogP contribution in [0.15, 0.2) is 72.8 Å². The average Bonchev–Trinajstić information content (AvgIpc) is 2.86. The summed E-state index contributed by atoms with van der Waals surface area (Å²) in [5.74, 6) is -0.272. The number of aliphatic hydroxyl groups excluding tert-OH is 1. The SMILES string of the molecule is CCc1cccc(-c2ccc(C(=O)NC(CC)C(CO)Cc3cccc(C(=N)N)c3)cc2)c1. The summed E-state index contributed by atoms with van der Waals surface area (Å²) in [6, 6.07) is 23.4. The zero-order valence-electron chi connectivity index (χ0n) is 19.3. The summed E-state index contributed by atoms with van der Waals surface area (Å²) in [7, 11) is 0. The number of amidine groups is 1. The first kappa shape index (κ1) is 24.2. The van der Waals surface area contributed by atoms with Crippen molar-refractivity contribution in [3.63, 3.8) is 0 Å². The highest BCUT2D eigenvalue weighted by atomic mass is 16.3. The molecule has 3 aromatic rings. The first-order valence-electron chi connectivity index (χ1n) is 11.5. The van der Waals surface area contributed by atoms with Gasteiger partial charge < -0.3 is 16.2 Å². The third-order valence-corrected chi connectivity index (χ3v) is 6.11. The monoisotopic (exact) mass is 443 g/mol. The van der Waals surface area contributed by atoms with Crippen LogP contribution in [0.3, 0.4) is 0 Å². The van der Waals surface area contributed by atoms with Crippen molar-refractivity contribution in [2.24, 2.45) is 11.7 Å². The Kier molecular flexibility index (Phi) is 8.39. The lowest BCUT2D eigenvalue weighted by Crippen LogP contribution is -2.42. The minimum atomic E-state index is -0.176. The van der Waals surface area contributed by atoms with Crippen molar-refractivity contribution in [1.82, 2.24) is 5.32 Å². The normalized spacial score (nSPS) is 12.7. The summed E-state index contributed by atoms with van der Waals surface area (Å²) in [6.07, 6.45) is 2.27. The molecule has 172 valence electrons. The standard InChI is InChI=1S/C28H33N3O2/c1-3-19-7-5-9-23(15-19)21-11-13-22(14-12-21)28(33)31-26(4-2)25(18-32)17-20-8-6-10-24(16-20)27(29)30/h5-16,25-26,32H,3-4,17-18H2,1-2H3,(H3,29,30)(H,31,33). The fourth-order valence-electron chi connectivity index (χ4n) is 4.09. The maximum absolute atomic E-state index is 12.9. The number of hydrogen-bond donors (Lipinski definition) is 4. The zero-order chi connectivity index (χ0) is 23.8. The van der Waals surface area contributed by atoms with E-state index in [1.807, 2.05) is 49.4 Å². The van der Waals surface area contributed by atoms with Gasteiger partial charge in [-0.1, -0.05) is 68.4 Å². The Balaban J connectivity index is 1.70. The van der Waals surface area contributed by atoms with Crippen LogP contribution in [0.1, 0.15) is 47.3 Å². The van der Waals surface area contributed by atoms with E-state index in [0.717, 1.165) is 23.1 Å². The summed E-state index contributed by atoms with van der Waals surface area (Å²) < 4.78 is 0. The molecule has 5 heteroatoms. The molecule has 2 atom stereocenters. The Bertz CT molecular complexity index is 1090. The molecule has 0 fully saturated rings. The molecule has 0 spiro atoms. The molecule has 0 heterocycles. The van der Waals surface area contributed by atoms with Gasteiger partial charge in [0.1, 0.15) is 5.84 Å². The van der Waals surface area contributed by atoms with E-state index in [2.05, 4.69) is 36.5 Å². The van der Waals surface area contributed by atoms with Crippen LogP contribution in [0, 0.1) is 11.3 Å². The van der Waals surface area contributed by atoms with Gasteiger partial charge in [-0.05, 0) is 59.7 Å². The van der Waals surface area contributed by atoms with Crippen LogP contribution < -0.4 is 11.1 Å². The van der Waals surface area contributed by atoms with E-state index in [9.17, 15) is 9.90 Å². The van der Waals surface area contributed by atoms with E-state index in [4.69, 9.17) is 11.1 Å². The second-order valence-corrected chi connectivity index (χ2v) is 8.38. The lowest BCUT2D eigenvalue weighted by molar-refractivity contribution is 0.0901. The number of nitrogens with two attached hydrogens (primary N) is 1. The van der Waals surface area contributed by atoms with E-state index < -0.39 is 0 Å². The predicted molar refractivity (Wildman–Crippen MR) is 135 cm³/mol. The molecule has 0 bridgehead atoms. The number of aryl methyl sites for hydroxylation is 1. The molecule has 0 aromatic heterocycles. The molecule has 33 heavy (non-hydrogen) atoms. The highest BCUT2D eigenvalue weighted by Gasteiger charge is 2.22. The third kappa shape index (κ3) is 6.30. The molecular formula is C28H33N3O2. The summed E-state index contributed by atoms with van der Waals surface area (Å²) in [5, 5.41) is 20.8. The molecular weight excluding hydrogens is 410 g/mol. The van der Waals surface area contributed by atoms with Crippen molar-refractivity contribution in [2.45, 2.75) is 39.2 Å². The second kappa shape index (κ2) is 11.4. The lowest BCUT2D eigenvalue weighted by atomic mass is 9.90. The topological polar surface area (TPSA) is 99.2 Å². The molecule has 5 N–H and O–H groups in total. The number of rotatable bonds is 10. The first-order chi connectivity index (χ1) is 15.9. The molecule has 3 rings (SSSR count). The molecule has 0 radical (unpaired) electrons. The van der Waals surface area contributed by atoms with Gasteiger partial charge in [0.2, 0.25) is 0 Å². The fourth-order valence-corrected chi connectivity index (χ4v) is 4.09. The number of carbonyl (C=O) groups is 1. The Hall–Kier alpha value is -3.44. The van der Waals surface area contributed by atoms with E-state index >= 15 is 0 Å². The number of hydrogen-bond acceptors (Lipinski definition) is 3. The summed E-state index contributed by atoms with van der Waals surface area (Å²) >= 11 is 0. The minimum Gasteiger partial charge on any atom is -0.396 e. The molecule has 0 aliphatic rings. The van der Waals surface area contributed by atoms with Crippen molar-refractivity contribution in [3.05, 3.63) is 95.1 Å². The minimum absolute atomic E-state index is 0.0163. The van der Waals surface area contributed by atoms with E-state index in [1.54, 1.807) is 6.07 Å². The van der Waals surface area contributed by atoms with Crippen molar-refractivity contribution >= 4 is 11.7 Å². The quantitative estimate of drug-likeness (QED) is 0.273. The summed E-state index contributed by atoms with van der Waals surface area (Å²) in [4.78, 5) is 12.9. The Morgan fingerprint density at radius 3 is 2.27 bits per heavy atom. The molecule has 0 aliphatic carbocycles. The van der Waals surface area contributed by atoms with Crippen molar-refractivity contribution < 1.29 is 9.90 Å². The zero-order valence-corrected chi connectivity index (χ0v) is 19.3. The molecule has 3 aromatic carbocycles. The van der Waals surface area contributed by atoms with Crippen molar-refractivity contribution in [2.75, 3.05) is 6.61 Å². The number of nitrogens with one attached hydrogen (secondary N) is 2. The Morgan fingerprint density at radius 1 is 0.939 bits per heavy atom. The molecule has 0 saturated heterocycles. The number of nitrogen functional groups attached to an aromatic ring is 1. The number of aliphatic hydroxyl groups is 1. The van der Waals surface area contributed by atoms with Gasteiger partial charge in [0.15, 0.2) is 0 Å². The summed E-state index contributed by atoms with van der Waals surface area (Å²) in [6.45, 7) is 4.09. The molecule has 1 amide bonds. The predicted octanol–water partition coefficient (Wildman–Crippen LogP) is 4.56. The molecule has 2 unspecified atom stereocenters. The van der Waals surface area contributed by atoms with Gasteiger partial charge in [0, 0.05) is 29.7 Å². The van der Waals surface area contributed by atoms with E-state index in [0.29, 0.717) is 24.0 Å². The maximum Gasteiger partial charge on any atom is 0.251 e. The Labute approximate surface area is 196 Å². The summed E-state index contributed by atoms with van der Waals surface area (Å²) in [5.41, 5.74) is 11.3. The number of benzene rings is 3. The maximum atomic E-state index is 12.9. The fraction of sp³-hybridized carbons (Fsp3) is 0.286. The van der Waals surface area contributed by atoms with Gasteiger partial charge in [0.25, 0.3) is 5.91 Å². The van der Waals surface area contributed by atoms with Crippen LogP contribution >= 0.6 is 0 Å². The molecule has 0 aliphatic heterocycles. The van der Waals surface area contributed by atoms with Crippen LogP contribution in [0.5, 0.6) is 0 Å². The van der Waals surface area contributed by atoms with Gasteiger partial charge in [-0.15, -0.1) is 0 Å². The molecule has 0 saturated carbocycles. The van der Waals surface area contributed by atoms with Crippen molar-refractivity contribution in [1.29, 1.82) is 5.41 Å². The number of carbonyl (C=O) groups excluding carboxylic acids is 1. The lowest BCUT2D eigenvalue weighted by Gasteiger charge is -2.26. The van der Waals surface area contributed by atoms with Gasteiger partial charge in [-0.3, -0.25) is 10.2 Å². The van der Waals surface area contributed by atoms with Crippen molar-refractivity contribution in [3.8, 4) is 11.1 Å². The van der Waals surface area contributed by atoms with Crippen LogP contribution in [-0.4, -0.2) is 29.5 Å². The second-order valence-electron chi connectivity index (χ2n) is 8.38. The first-order valence-corrected chi connectivity index (χ1v) is 11.5. The smallest absolute Gasteiger partial charge is 0.251 e. The Morgan fingerprint density at radius 2 is 1.64 bits per heavy atom. The highest BCUT2D eigenvalue weighted by Crippen LogP contribution is 2.22. The largest absolute Gasteiger partial charge is 0.396 e. The van der Waals surface area contributed by atoms with Crippen LogP contribution in [-0.2, 0) is 12.8 Å². The van der Waals surface area contributed by atoms with E-state index in [1.165, 1.54) is 5.56 Å². The van der Waals surface area contributed by atoms with Gasteiger partial charge >= 0.3 is 0 Å².